The summed E-state index contributed by atoms with van der Waals surface area (Å²) < 4.78 is 24.9. The average molecular weight is 235 g/mol. The number of benzene rings is 1. The van der Waals surface area contributed by atoms with Crippen molar-refractivity contribution in [3.8, 4) is 0 Å². The summed E-state index contributed by atoms with van der Waals surface area (Å²) in [5, 5.41) is 0. The van der Waals surface area contributed by atoms with Gasteiger partial charge in [-0.05, 0) is 36.5 Å². The van der Waals surface area contributed by atoms with Crippen molar-refractivity contribution in [3.63, 3.8) is 0 Å². The van der Waals surface area contributed by atoms with Crippen LogP contribution in [0.15, 0.2) is 29.2 Å². The molecule has 0 aliphatic carbocycles. The summed E-state index contributed by atoms with van der Waals surface area (Å²) in [5.41, 5.74) is 0.926. The molecule has 0 heterocycles. The summed E-state index contributed by atoms with van der Waals surface area (Å²) in [6.07, 6.45) is 0. The number of nitrogens with one attached hydrogen (secondary N) is 2. The molecule has 14 heavy (non-hydrogen) atoms. The summed E-state index contributed by atoms with van der Waals surface area (Å²) in [6, 6.07) is 6.49. The SMILES string of the molecule is CNS(=O)(=O)c1ccc(CNCl)cc1. The van der Waals surface area contributed by atoms with Crippen LogP contribution in [0.1, 0.15) is 5.56 Å². The van der Waals surface area contributed by atoms with E-state index in [9.17, 15) is 8.42 Å². The van der Waals surface area contributed by atoms with Gasteiger partial charge >= 0.3 is 0 Å². The Morgan fingerprint density at radius 2 is 1.86 bits per heavy atom. The molecule has 6 heteroatoms. The lowest BCUT2D eigenvalue weighted by Gasteiger charge is -2.03. The maximum absolute atomic E-state index is 11.3. The van der Waals surface area contributed by atoms with Gasteiger partial charge in [0.25, 0.3) is 0 Å². The fraction of sp³-hybridized carbons (Fsp3) is 0.250. The van der Waals surface area contributed by atoms with Crippen molar-refractivity contribution in [2.75, 3.05) is 7.05 Å². The van der Waals surface area contributed by atoms with Crippen LogP contribution in [0.3, 0.4) is 0 Å². The van der Waals surface area contributed by atoms with Gasteiger partial charge in [-0.25, -0.2) is 18.0 Å². The van der Waals surface area contributed by atoms with E-state index >= 15 is 0 Å². The number of hydrogen-bond acceptors (Lipinski definition) is 3. The molecule has 0 amide bonds. The minimum atomic E-state index is -3.33. The van der Waals surface area contributed by atoms with Crippen LogP contribution in [0.5, 0.6) is 0 Å². The summed E-state index contributed by atoms with van der Waals surface area (Å²) in [6.45, 7) is 0.501. The van der Waals surface area contributed by atoms with Gasteiger partial charge in [-0.2, -0.15) is 0 Å². The van der Waals surface area contributed by atoms with E-state index in [4.69, 9.17) is 11.8 Å². The van der Waals surface area contributed by atoms with E-state index in [-0.39, 0.29) is 4.90 Å². The zero-order valence-corrected chi connectivity index (χ0v) is 9.19. The molecular formula is C8H11ClN2O2S. The van der Waals surface area contributed by atoms with E-state index in [2.05, 4.69) is 9.56 Å². The monoisotopic (exact) mass is 234 g/mol. The van der Waals surface area contributed by atoms with Gasteiger partial charge in [0.15, 0.2) is 0 Å². The highest BCUT2D eigenvalue weighted by molar-refractivity contribution is 7.89. The lowest BCUT2D eigenvalue weighted by Crippen LogP contribution is -2.18. The maximum atomic E-state index is 11.3. The Hall–Kier alpha value is -0.620. The third-order valence-electron chi connectivity index (χ3n) is 1.77. The molecule has 0 aliphatic rings. The fourth-order valence-corrected chi connectivity index (χ4v) is 1.87. The summed E-state index contributed by atoms with van der Waals surface area (Å²) in [5.74, 6) is 0. The van der Waals surface area contributed by atoms with Crippen LogP contribution >= 0.6 is 11.8 Å². The van der Waals surface area contributed by atoms with Crippen LogP contribution in [-0.2, 0) is 16.6 Å². The van der Waals surface area contributed by atoms with Crippen LogP contribution in [0.25, 0.3) is 0 Å². The smallest absolute Gasteiger partial charge is 0.229 e. The highest BCUT2D eigenvalue weighted by atomic mass is 35.5. The average Bonchev–Trinajstić information content (AvgIpc) is 2.19. The number of rotatable bonds is 4. The molecule has 2 N–H and O–H groups in total. The van der Waals surface area contributed by atoms with Gasteiger partial charge in [0.1, 0.15) is 0 Å². The number of halogens is 1. The zero-order chi connectivity index (χ0) is 10.6. The van der Waals surface area contributed by atoms with Gasteiger partial charge in [0, 0.05) is 6.54 Å². The van der Waals surface area contributed by atoms with E-state index in [1.807, 2.05) is 0 Å². The lowest BCUT2D eigenvalue weighted by molar-refractivity contribution is 0.588. The molecule has 0 unspecified atom stereocenters. The van der Waals surface area contributed by atoms with E-state index in [0.717, 1.165) is 5.56 Å². The zero-order valence-electron chi connectivity index (χ0n) is 7.62. The second kappa shape index (κ2) is 4.75. The van der Waals surface area contributed by atoms with Gasteiger partial charge < -0.3 is 0 Å². The van der Waals surface area contributed by atoms with Gasteiger partial charge in [-0.1, -0.05) is 12.1 Å². The number of sulfonamides is 1. The third kappa shape index (κ3) is 2.68. The molecule has 0 radical (unpaired) electrons. The Morgan fingerprint density at radius 3 is 2.29 bits per heavy atom. The normalized spacial score (nSPS) is 11.6. The molecule has 1 aromatic rings. The first kappa shape index (κ1) is 11.5. The minimum Gasteiger partial charge on any atom is -0.229 e. The number of hydrogen-bond donors (Lipinski definition) is 2. The molecule has 0 bridgehead atoms. The first-order valence-electron chi connectivity index (χ1n) is 3.96. The lowest BCUT2D eigenvalue weighted by atomic mass is 10.2. The van der Waals surface area contributed by atoms with E-state index in [0.29, 0.717) is 6.54 Å². The molecule has 0 saturated carbocycles. The topological polar surface area (TPSA) is 58.2 Å². The summed E-state index contributed by atoms with van der Waals surface area (Å²) in [4.78, 5) is 2.71. The predicted octanol–water partition coefficient (Wildman–Crippen LogP) is 0.838. The maximum Gasteiger partial charge on any atom is 0.240 e. The Morgan fingerprint density at radius 1 is 1.29 bits per heavy atom. The standard InChI is InChI=1S/C8H11ClN2O2S/c1-10-14(12,13)8-4-2-7(3-5-8)6-11-9/h2-5,10-11H,6H2,1H3. The second-order valence-corrected chi connectivity index (χ2v) is 4.82. The van der Waals surface area contributed by atoms with Gasteiger partial charge in [-0.15, -0.1) is 0 Å². The van der Waals surface area contributed by atoms with Crippen LogP contribution in [0.2, 0.25) is 0 Å². The summed E-state index contributed by atoms with van der Waals surface area (Å²) in [7, 11) is -1.95. The Bertz CT molecular complexity index is 388. The van der Waals surface area contributed by atoms with E-state index in [1.165, 1.54) is 19.2 Å². The Balaban J connectivity index is 2.94. The van der Waals surface area contributed by atoms with Crippen LogP contribution < -0.4 is 9.56 Å². The first-order chi connectivity index (χ1) is 6.60. The van der Waals surface area contributed by atoms with E-state index < -0.39 is 10.0 Å². The fourth-order valence-electron chi connectivity index (χ4n) is 0.981. The van der Waals surface area contributed by atoms with Crippen molar-refractivity contribution in [3.05, 3.63) is 29.8 Å². The highest BCUT2D eigenvalue weighted by Crippen LogP contribution is 2.09. The molecule has 0 aromatic heterocycles. The van der Waals surface area contributed by atoms with Crippen molar-refractivity contribution < 1.29 is 8.42 Å². The van der Waals surface area contributed by atoms with Gasteiger partial charge in [0.05, 0.1) is 4.90 Å². The molecule has 0 atom stereocenters. The highest BCUT2D eigenvalue weighted by Gasteiger charge is 2.09. The first-order valence-corrected chi connectivity index (χ1v) is 5.82. The molecule has 0 fully saturated rings. The van der Waals surface area contributed by atoms with Crippen LogP contribution in [0, 0.1) is 0 Å². The van der Waals surface area contributed by atoms with Crippen LogP contribution in [0.4, 0.5) is 0 Å². The quantitative estimate of drug-likeness (QED) is 0.759. The third-order valence-corrected chi connectivity index (χ3v) is 3.34. The Labute approximate surface area is 88.4 Å². The predicted molar refractivity (Wildman–Crippen MR) is 55.4 cm³/mol. The molecular weight excluding hydrogens is 224 g/mol. The van der Waals surface area contributed by atoms with Crippen molar-refractivity contribution in [2.24, 2.45) is 0 Å². The molecule has 78 valence electrons. The summed E-state index contributed by atoms with van der Waals surface area (Å²) >= 11 is 5.31. The largest absolute Gasteiger partial charge is 0.240 e. The second-order valence-electron chi connectivity index (χ2n) is 2.66. The minimum absolute atomic E-state index is 0.248. The van der Waals surface area contributed by atoms with Crippen molar-refractivity contribution in [1.29, 1.82) is 0 Å². The molecule has 0 saturated heterocycles. The van der Waals surface area contributed by atoms with Gasteiger partial charge in [0.2, 0.25) is 10.0 Å². The molecule has 4 nitrogen and oxygen atoms in total. The Kier molecular flexibility index (Phi) is 3.88. The molecule has 0 spiro atoms. The van der Waals surface area contributed by atoms with Crippen molar-refractivity contribution >= 4 is 21.8 Å². The molecule has 1 rings (SSSR count). The van der Waals surface area contributed by atoms with Crippen LogP contribution in [-0.4, -0.2) is 15.5 Å². The van der Waals surface area contributed by atoms with Gasteiger partial charge in [-0.3, -0.25) is 0 Å². The van der Waals surface area contributed by atoms with Crippen molar-refractivity contribution in [2.45, 2.75) is 11.4 Å². The van der Waals surface area contributed by atoms with Crippen molar-refractivity contribution in [1.82, 2.24) is 9.56 Å². The van der Waals surface area contributed by atoms with E-state index in [1.54, 1.807) is 12.1 Å². The molecule has 0 aliphatic heterocycles. The molecule has 1 aromatic carbocycles.